The maximum atomic E-state index is 13.0. The van der Waals surface area contributed by atoms with Gasteiger partial charge in [-0.1, -0.05) is 12.1 Å². The summed E-state index contributed by atoms with van der Waals surface area (Å²) in [6.45, 7) is 2.51. The van der Waals surface area contributed by atoms with Crippen LogP contribution in [0.3, 0.4) is 0 Å². The molecule has 0 radical (unpaired) electrons. The SMILES string of the molecule is Fc1cccc(C2CCNCCO2)c1. The zero-order valence-corrected chi connectivity index (χ0v) is 8.00. The molecule has 1 unspecified atom stereocenters. The fraction of sp³-hybridized carbons (Fsp3) is 0.455. The van der Waals surface area contributed by atoms with Crippen LogP contribution in [0.4, 0.5) is 4.39 Å². The van der Waals surface area contributed by atoms with Crippen molar-refractivity contribution in [3.05, 3.63) is 35.6 Å². The molecule has 3 heteroatoms. The molecule has 1 aromatic carbocycles. The summed E-state index contributed by atoms with van der Waals surface area (Å²) in [4.78, 5) is 0. The summed E-state index contributed by atoms with van der Waals surface area (Å²) in [5.41, 5.74) is 0.939. The molecule has 0 saturated carbocycles. The number of nitrogens with one attached hydrogen (secondary N) is 1. The van der Waals surface area contributed by atoms with Gasteiger partial charge >= 0.3 is 0 Å². The van der Waals surface area contributed by atoms with Gasteiger partial charge in [0, 0.05) is 6.54 Å². The largest absolute Gasteiger partial charge is 0.372 e. The summed E-state index contributed by atoms with van der Waals surface area (Å²) in [7, 11) is 0. The molecule has 1 fully saturated rings. The van der Waals surface area contributed by atoms with E-state index in [-0.39, 0.29) is 11.9 Å². The number of halogens is 1. The van der Waals surface area contributed by atoms with Gasteiger partial charge in [-0.15, -0.1) is 0 Å². The van der Waals surface area contributed by atoms with Gasteiger partial charge in [-0.25, -0.2) is 4.39 Å². The zero-order chi connectivity index (χ0) is 9.80. The van der Waals surface area contributed by atoms with Gasteiger partial charge in [0.25, 0.3) is 0 Å². The fourth-order valence-electron chi connectivity index (χ4n) is 1.68. The van der Waals surface area contributed by atoms with Crippen LogP contribution in [0.25, 0.3) is 0 Å². The number of benzene rings is 1. The Hall–Kier alpha value is -0.930. The van der Waals surface area contributed by atoms with Crippen LogP contribution in [0, 0.1) is 5.82 Å². The average Bonchev–Trinajstić information content (AvgIpc) is 2.45. The van der Waals surface area contributed by atoms with Gasteiger partial charge in [0.2, 0.25) is 0 Å². The highest BCUT2D eigenvalue weighted by atomic mass is 19.1. The van der Waals surface area contributed by atoms with Crippen molar-refractivity contribution >= 4 is 0 Å². The molecule has 2 rings (SSSR count). The first-order valence-corrected chi connectivity index (χ1v) is 4.94. The highest BCUT2D eigenvalue weighted by Gasteiger charge is 2.14. The summed E-state index contributed by atoms with van der Waals surface area (Å²) in [5.74, 6) is -0.191. The number of rotatable bonds is 1. The smallest absolute Gasteiger partial charge is 0.123 e. The van der Waals surface area contributed by atoms with Crippen LogP contribution in [-0.4, -0.2) is 19.7 Å². The summed E-state index contributed by atoms with van der Waals surface area (Å²) < 4.78 is 18.6. The van der Waals surface area contributed by atoms with Gasteiger partial charge in [0.05, 0.1) is 12.7 Å². The second kappa shape index (κ2) is 4.53. The van der Waals surface area contributed by atoms with Crippen LogP contribution in [0.5, 0.6) is 0 Å². The summed E-state index contributed by atoms with van der Waals surface area (Å²) in [5, 5.41) is 3.24. The molecule has 0 amide bonds. The molecule has 0 spiro atoms. The van der Waals surface area contributed by atoms with E-state index in [1.165, 1.54) is 6.07 Å². The first kappa shape index (κ1) is 9.62. The predicted molar refractivity (Wildman–Crippen MR) is 52.6 cm³/mol. The topological polar surface area (TPSA) is 21.3 Å². The van der Waals surface area contributed by atoms with E-state index in [1.807, 2.05) is 6.07 Å². The van der Waals surface area contributed by atoms with Crippen molar-refractivity contribution in [3.63, 3.8) is 0 Å². The predicted octanol–water partition coefficient (Wildman–Crippen LogP) is 1.88. The molecule has 1 aliphatic heterocycles. The van der Waals surface area contributed by atoms with Crippen molar-refractivity contribution in [1.29, 1.82) is 0 Å². The molecule has 0 bridgehead atoms. The minimum atomic E-state index is -0.191. The normalized spacial score (nSPS) is 23.1. The van der Waals surface area contributed by atoms with Gasteiger partial charge in [0.1, 0.15) is 5.82 Å². The Kier molecular flexibility index (Phi) is 3.11. The Bertz CT molecular complexity index is 295. The van der Waals surface area contributed by atoms with E-state index in [0.717, 1.165) is 25.1 Å². The summed E-state index contributed by atoms with van der Waals surface area (Å²) in [6.07, 6.45) is 0.949. The van der Waals surface area contributed by atoms with Crippen molar-refractivity contribution in [1.82, 2.24) is 5.32 Å². The Morgan fingerprint density at radius 1 is 1.36 bits per heavy atom. The van der Waals surface area contributed by atoms with Gasteiger partial charge in [0.15, 0.2) is 0 Å². The molecule has 0 aliphatic carbocycles. The maximum Gasteiger partial charge on any atom is 0.123 e. The molecule has 2 nitrogen and oxygen atoms in total. The second-order valence-electron chi connectivity index (χ2n) is 3.45. The molecule has 1 aromatic rings. The first-order valence-electron chi connectivity index (χ1n) is 4.94. The second-order valence-corrected chi connectivity index (χ2v) is 3.45. The highest BCUT2D eigenvalue weighted by Crippen LogP contribution is 2.22. The number of hydrogen-bond acceptors (Lipinski definition) is 2. The van der Waals surface area contributed by atoms with E-state index in [4.69, 9.17) is 4.74 Å². The van der Waals surface area contributed by atoms with Crippen LogP contribution in [0.15, 0.2) is 24.3 Å². The minimum absolute atomic E-state index is 0.0423. The molecule has 14 heavy (non-hydrogen) atoms. The first-order chi connectivity index (χ1) is 6.86. The standard InChI is InChI=1S/C11H14FNO/c12-10-3-1-2-9(8-10)11-4-5-13-6-7-14-11/h1-3,8,11,13H,4-7H2. The average molecular weight is 195 g/mol. The molecule has 1 aliphatic rings. The van der Waals surface area contributed by atoms with Crippen molar-refractivity contribution in [2.75, 3.05) is 19.7 Å². The summed E-state index contributed by atoms with van der Waals surface area (Å²) in [6, 6.07) is 6.65. The van der Waals surface area contributed by atoms with E-state index in [1.54, 1.807) is 12.1 Å². The van der Waals surface area contributed by atoms with Crippen LogP contribution in [-0.2, 0) is 4.74 Å². The van der Waals surface area contributed by atoms with E-state index in [0.29, 0.717) is 6.61 Å². The lowest BCUT2D eigenvalue weighted by Crippen LogP contribution is -2.16. The number of ether oxygens (including phenoxy) is 1. The molecular weight excluding hydrogens is 181 g/mol. The minimum Gasteiger partial charge on any atom is -0.372 e. The van der Waals surface area contributed by atoms with Crippen LogP contribution >= 0.6 is 0 Å². The Morgan fingerprint density at radius 3 is 3.14 bits per heavy atom. The molecule has 1 atom stereocenters. The Morgan fingerprint density at radius 2 is 2.29 bits per heavy atom. The Balaban J connectivity index is 2.12. The molecule has 76 valence electrons. The highest BCUT2D eigenvalue weighted by molar-refractivity contribution is 5.19. The Labute approximate surface area is 83.1 Å². The quantitative estimate of drug-likeness (QED) is 0.738. The zero-order valence-electron chi connectivity index (χ0n) is 8.00. The van der Waals surface area contributed by atoms with Crippen LogP contribution in [0.1, 0.15) is 18.1 Å². The van der Waals surface area contributed by atoms with E-state index < -0.39 is 0 Å². The van der Waals surface area contributed by atoms with E-state index in [9.17, 15) is 4.39 Å². The molecule has 1 heterocycles. The lowest BCUT2D eigenvalue weighted by atomic mass is 10.1. The van der Waals surface area contributed by atoms with E-state index >= 15 is 0 Å². The lowest BCUT2D eigenvalue weighted by Gasteiger charge is -2.14. The van der Waals surface area contributed by atoms with Crippen LogP contribution < -0.4 is 5.32 Å². The maximum absolute atomic E-state index is 13.0. The molecule has 0 aromatic heterocycles. The van der Waals surface area contributed by atoms with Crippen LogP contribution in [0.2, 0.25) is 0 Å². The summed E-state index contributed by atoms with van der Waals surface area (Å²) >= 11 is 0. The van der Waals surface area contributed by atoms with Crippen molar-refractivity contribution in [3.8, 4) is 0 Å². The van der Waals surface area contributed by atoms with Gasteiger partial charge < -0.3 is 10.1 Å². The van der Waals surface area contributed by atoms with Gasteiger partial charge in [-0.05, 0) is 30.7 Å². The third-order valence-electron chi connectivity index (χ3n) is 2.40. The van der Waals surface area contributed by atoms with Gasteiger partial charge in [-0.2, -0.15) is 0 Å². The third kappa shape index (κ3) is 2.30. The third-order valence-corrected chi connectivity index (χ3v) is 2.40. The molecular formula is C11H14FNO. The molecule has 1 saturated heterocycles. The van der Waals surface area contributed by atoms with Gasteiger partial charge in [-0.3, -0.25) is 0 Å². The van der Waals surface area contributed by atoms with Crippen molar-refractivity contribution < 1.29 is 9.13 Å². The fourth-order valence-corrected chi connectivity index (χ4v) is 1.68. The monoisotopic (exact) mass is 195 g/mol. The van der Waals surface area contributed by atoms with E-state index in [2.05, 4.69) is 5.32 Å². The van der Waals surface area contributed by atoms with Crippen molar-refractivity contribution in [2.24, 2.45) is 0 Å². The lowest BCUT2D eigenvalue weighted by molar-refractivity contribution is 0.0642. The number of hydrogen-bond donors (Lipinski definition) is 1. The molecule has 1 N–H and O–H groups in total. The van der Waals surface area contributed by atoms with Crippen molar-refractivity contribution in [2.45, 2.75) is 12.5 Å².